The fraction of sp³-hybridized carbons (Fsp3) is 0.0667. The third-order valence-electron chi connectivity index (χ3n) is 3.03. The molecule has 1 aromatic carbocycles. The number of nitro groups is 1. The van der Waals surface area contributed by atoms with Gasteiger partial charge in [-0.2, -0.15) is 0 Å². The van der Waals surface area contributed by atoms with E-state index < -0.39 is 0 Å². The van der Waals surface area contributed by atoms with Gasteiger partial charge in [0.1, 0.15) is 0 Å². The van der Waals surface area contributed by atoms with Gasteiger partial charge in [0.05, 0.1) is 4.92 Å². The van der Waals surface area contributed by atoms with E-state index in [1.807, 2.05) is 24.3 Å². The van der Waals surface area contributed by atoms with Crippen LogP contribution in [0.4, 0.5) is 0 Å². The normalized spacial score (nSPS) is 14.9. The van der Waals surface area contributed by atoms with Gasteiger partial charge in [0.25, 0.3) is 5.70 Å². The molecule has 0 fully saturated rings. The molecule has 0 spiro atoms. The van der Waals surface area contributed by atoms with Crippen LogP contribution < -0.4 is 0 Å². The molecule has 0 atom stereocenters. The zero-order valence-electron chi connectivity index (χ0n) is 10.1. The maximum atomic E-state index is 10.8. The summed E-state index contributed by atoms with van der Waals surface area (Å²) in [5.41, 5.74) is 1.26. The van der Waals surface area contributed by atoms with E-state index in [4.69, 9.17) is 0 Å². The molecule has 4 heteroatoms. The van der Waals surface area contributed by atoms with Crippen molar-refractivity contribution in [2.24, 2.45) is 0 Å². The van der Waals surface area contributed by atoms with Gasteiger partial charge in [0.2, 0.25) is 0 Å². The Bertz CT molecular complexity index is 704. The summed E-state index contributed by atoms with van der Waals surface area (Å²) in [7, 11) is 0. The second kappa shape index (κ2) is 4.82. The highest BCUT2D eigenvalue weighted by Gasteiger charge is 2.10. The number of hydrogen-bond donors (Lipinski definition) is 0. The highest BCUT2D eigenvalue weighted by atomic mass is 32.1. The maximum Gasteiger partial charge on any atom is 0.269 e. The molecule has 3 rings (SSSR count). The molecule has 0 unspecified atom stereocenters. The lowest BCUT2D eigenvalue weighted by molar-refractivity contribution is -0.419. The predicted octanol–water partition coefficient (Wildman–Crippen LogP) is 4.41. The molecule has 2 aromatic rings. The molecule has 1 aliphatic rings. The Balaban J connectivity index is 2.02. The average molecular weight is 269 g/mol. The van der Waals surface area contributed by atoms with Gasteiger partial charge >= 0.3 is 0 Å². The Labute approximate surface area is 114 Å². The van der Waals surface area contributed by atoms with Gasteiger partial charge < -0.3 is 0 Å². The first-order chi connectivity index (χ1) is 9.24. The zero-order chi connectivity index (χ0) is 13.2. The summed E-state index contributed by atoms with van der Waals surface area (Å²) in [6.45, 7) is 0. The molecule has 3 nitrogen and oxygen atoms in total. The molecule has 0 radical (unpaired) electrons. The second-order valence-electron chi connectivity index (χ2n) is 4.30. The van der Waals surface area contributed by atoms with Gasteiger partial charge in [-0.3, -0.25) is 10.1 Å². The minimum absolute atomic E-state index is 0.135. The number of allylic oxidation sites excluding steroid dienone is 5. The molecule has 1 aliphatic carbocycles. The first-order valence-corrected chi connectivity index (χ1v) is 6.76. The van der Waals surface area contributed by atoms with Gasteiger partial charge in [0.15, 0.2) is 0 Å². The summed E-state index contributed by atoms with van der Waals surface area (Å²) in [5, 5.41) is 12.0. The van der Waals surface area contributed by atoms with E-state index in [-0.39, 0.29) is 10.6 Å². The van der Waals surface area contributed by atoms with Gasteiger partial charge in [-0.1, -0.05) is 30.4 Å². The molecular weight excluding hydrogens is 258 g/mol. The predicted molar refractivity (Wildman–Crippen MR) is 78.6 cm³/mol. The van der Waals surface area contributed by atoms with Gasteiger partial charge in [-0.05, 0) is 29.5 Å². The van der Waals surface area contributed by atoms with Crippen molar-refractivity contribution < 1.29 is 4.92 Å². The molecule has 0 amide bonds. The number of nitrogens with zero attached hydrogens (tertiary/aromatic N) is 1. The van der Waals surface area contributed by atoms with E-state index in [1.54, 1.807) is 23.5 Å². The smallest absolute Gasteiger partial charge is 0.258 e. The number of hydrogen-bond acceptors (Lipinski definition) is 3. The van der Waals surface area contributed by atoms with Crippen molar-refractivity contribution in [2.45, 2.75) is 6.42 Å². The van der Waals surface area contributed by atoms with E-state index in [0.29, 0.717) is 0 Å². The standard InChI is InChI=1S/C15H11NO2S/c17-16(18)13-6-3-5-11(8-9-13)15-10-12-4-1-2-7-14(12)19-15/h1-4,6-10H,5H2. The molecule has 0 saturated heterocycles. The summed E-state index contributed by atoms with van der Waals surface area (Å²) >= 11 is 1.72. The first-order valence-electron chi connectivity index (χ1n) is 5.95. The fourth-order valence-electron chi connectivity index (χ4n) is 2.06. The fourth-order valence-corrected chi connectivity index (χ4v) is 3.16. The van der Waals surface area contributed by atoms with Crippen molar-refractivity contribution in [1.29, 1.82) is 0 Å². The molecule has 0 aliphatic heterocycles. The van der Waals surface area contributed by atoms with Crippen LogP contribution in [0, 0.1) is 10.1 Å². The molecule has 19 heavy (non-hydrogen) atoms. The molecule has 1 heterocycles. The van der Waals surface area contributed by atoms with E-state index in [9.17, 15) is 10.1 Å². The van der Waals surface area contributed by atoms with Crippen LogP contribution in [-0.2, 0) is 0 Å². The lowest BCUT2D eigenvalue weighted by Gasteiger charge is -1.97. The van der Waals surface area contributed by atoms with Crippen LogP contribution in [0.3, 0.4) is 0 Å². The molecule has 1 aromatic heterocycles. The highest BCUT2D eigenvalue weighted by Crippen LogP contribution is 2.33. The summed E-state index contributed by atoms with van der Waals surface area (Å²) in [6.07, 6.45) is 7.56. The van der Waals surface area contributed by atoms with Crippen LogP contribution in [0.15, 0.2) is 60.3 Å². The Morgan fingerprint density at radius 2 is 2.05 bits per heavy atom. The van der Waals surface area contributed by atoms with E-state index in [1.165, 1.54) is 15.0 Å². The van der Waals surface area contributed by atoms with Crippen LogP contribution in [0.2, 0.25) is 0 Å². The third-order valence-corrected chi connectivity index (χ3v) is 4.23. The van der Waals surface area contributed by atoms with Crippen LogP contribution >= 0.6 is 11.3 Å². The van der Waals surface area contributed by atoms with Crippen molar-refractivity contribution in [1.82, 2.24) is 0 Å². The Morgan fingerprint density at radius 1 is 1.21 bits per heavy atom. The molecule has 94 valence electrons. The molecule has 0 saturated carbocycles. The minimum atomic E-state index is -0.360. The first kappa shape index (κ1) is 11.9. The minimum Gasteiger partial charge on any atom is -0.258 e. The SMILES string of the molecule is O=[N+]([O-])C1=CC=C(c2cc3ccccc3s2)CC=C1. The Morgan fingerprint density at radius 3 is 2.84 bits per heavy atom. The van der Waals surface area contributed by atoms with E-state index >= 15 is 0 Å². The lowest BCUT2D eigenvalue weighted by Crippen LogP contribution is -1.93. The quantitative estimate of drug-likeness (QED) is 0.599. The largest absolute Gasteiger partial charge is 0.269 e. The van der Waals surface area contributed by atoms with Crippen LogP contribution in [0.5, 0.6) is 0 Å². The van der Waals surface area contributed by atoms with Crippen molar-refractivity contribution in [2.75, 3.05) is 0 Å². The molecular formula is C15H11NO2S. The lowest BCUT2D eigenvalue weighted by atomic mass is 10.1. The van der Waals surface area contributed by atoms with Crippen molar-refractivity contribution in [3.8, 4) is 0 Å². The number of rotatable bonds is 2. The van der Waals surface area contributed by atoms with Crippen LogP contribution in [0.1, 0.15) is 11.3 Å². The molecule has 0 bridgehead atoms. The van der Waals surface area contributed by atoms with Crippen molar-refractivity contribution in [3.05, 3.63) is 75.3 Å². The second-order valence-corrected chi connectivity index (χ2v) is 5.38. The average Bonchev–Trinajstić information content (AvgIpc) is 2.67. The third kappa shape index (κ3) is 2.35. The van der Waals surface area contributed by atoms with Crippen LogP contribution in [0.25, 0.3) is 15.7 Å². The van der Waals surface area contributed by atoms with Gasteiger partial charge in [-0.15, -0.1) is 11.3 Å². The molecule has 0 N–H and O–H groups in total. The number of benzene rings is 1. The summed E-state index contributed by atoms with van der Waals surface area (Å²) < 4.78 is 1.24. The monoisotopic (exact) mass is 269 g/mol. The number of fused-ring (bicyclic) bond motifs is 1. The van der Waals surface area contributed by atoms with Gasteiger partial charge in [0, 0.05) is 21.7 Å². The zero-order valence-corrected chi connectivity index (χ0v) is 10.9. The summed E-state index contributed by atoms with van der Waals surface area (Å²) in [5.74, 6) is 0. The summed E-state index contributed by atoms with van der Waals surface area (Å²) in [4.78, 5) is 11.6. The Kier molecular flexibility index (Phi) is 3.01. The maximum absolute atomic E-state index is 10.8. The topological polar surface area (TPSA) is 43.1 Å². The summed E-state index contributed by atoms with van der Waals surface area (Å²) in [6, 6.07) is 10.4. The van der Waals surface area contributed by atoms with Crippen LogP contribution in [-0.4, -0.2) is 4.92 Å². The van der Waals surface area contributed by atoms with E-state index in [0.717, 1.165) is 12.0 Å². The number of thiophene rings is 1. The van der Waals surface area contributed by atoms with Crippen molar-refractivity contribution >= 4 is 27.0 Å². The highest BCUT2D eigenvalue weighted by molar-refractivity contribution is 7.20. The van der Waals surface area contributed by atoms with Crippen molar-refractivity contribution in [3.63, 3.8) is 0 Å². The van der Waals surface area contributed by atoms with Gasteiger partial charge in [-0.25, -0.2) is 0 Å². The van der Waals surface area contributed by atoms with E-state index in [2.05, 4.69) is 18.2 Å². The Hall–Kier alpha value is -2.20.